The van der Waals surface area contributed by atoms with Gasteiger partial charge in [0.05, 0.1) is 49.1 Å². The van der Waals surface area contributed by atoms with E-state index in [1.165, 1.54) is 24.3 Å². The number of phenolic OH excluding ortho intramolecular Hbond substituents is 1. The summed E-state index contributed by atoms with van der Waals surface area (Å²) in [4.78, 5) is 132. The standard InChI is InChI=1S/C52H80BrN7O11S.2CO2/c1-10-15-37(27-36-17-18-44(62)40(28-36)57-47(64)19-23-69-25-26-70-24-21-54-48(65)30-39(53)49(66)55-20-11-2)56-50(67)41-32-72-51(58-41)46(71-35(7)61)31-43(33(4)5)60(9)52(68)38(34(6)12-3)29-45(63)42-16-13-14-22-59(42)8;2*2-1-3/h17-18,28,30,32-34,37-38,42-43,46,62H,10-16,19-27,29,31H2,1-9H3,(H,54,65)(H,55,66)(H,56,67)(H,57,64);;/b39-30+;;/t34-,37+,38-,42+,43+,46+;;/m0../s1. The summed E-state index contributed by atoms with van der Waals surface area (Å²) in [6, 6.07) is 4.00. The number of amides is 5. The fourth-order valence-corrected chi connectivity index (χ4v) is 9.73. The quantitative estimate of drug-likeness (QED) is 0.0254. The number of aromatic nitrogens is 1. The molecule has 2 aromatic rings. The molecule has 0 saturated carbocycles. The number of esters is 1. The number of halogens is 1. The number of likely N-dealkylation sites (N-methyl/N-ethyl adjacent to an activating group) is 1. The molecule has 0 spiro atoms. The third-order valence-electron chi connectivity index (χ3n) is 12.8. The predicted molar refractivity (Wildman–Crippen MR) is 292 cm³/mol. The van der Waals surface area contributed by atoms with Crippen LogP contribution < -0.4 is 21.3 Å². The van der Waals surface area contributed by atoms with Crippen molar-refractivity contribution in [2.24, 2.45) is 17.8 Å². The first-order valence-electron chi connectivity index (χ1n) is 26.2. The number of nitrogens with one attached hydrogen (secondary N) is 4. The first-order valence-corrected chi connectivity index (χ1v) is 27.9. The number of ether oxygens (including phenoxy) is 3. The lowest BCUT2D eigenvalue weighted by Crippen LogP contribution is -2.48. The van der Waals surface area contributed by atoms with Crippen LogP contribution in [0.15, 0.2) is 34.1 Å². The van der Waals surface area contributed by atoms with Crippen LogP contribution in [-0.2, 0) is 68.6 Å². The first kappa shape index (κ1) is 70.0. The summed E-state index contributed by atoms with van der Waals surface area (Å²) in [5, 5.41) is 23.8. The zero-order valence-corrected chi connectivity index (χ0v) is 48.8. The van der Waals surface area contributed by atoms with Gasteiger partial charge >= 0.3 is 18.3 Å². The number of likely N-dealkylation sites (tertiary alicyclic amines) is 1. The van der Waals surface area contributed by atoms with Crippen LogP contribution in [0.3, 0.4) is 0 Å². The van der Waals surface area contributed by atoms with Gasteiger partial charge in [0.25, 0.3) is 11.8 Å². The minimum atomic E-state index is -0.837. The molecule has 22 nitrogen and oxygen atoms in total. The van der Waals surface area contributed by atoms with Crippen LogP contribution in [0.25, 0.3) is 0 Å². The Bertz CT molecular complexity index is 2310. The number of aromatic hydroxyl groups is 1. The number of nitrogens with zero attached hydrogens (tertiary/aromatic N) is 3. The average Bonchev–Trinajstić information content (AvgIpc) is 3.89. The number of hydrogen-bond acceptors (Lipinski definition) is 18. The maximum Gasteiger partial charge on any atom is 0.373 e. The van der Waals surface area contributed by atoms with Crippen molar-refractivity contribution in [3.8, 4) is 5.75 Å². The van der Waals surface area contributed by atoms with E-state index in [0.29, 0.717) is 24.4 Å². The Kier molecular flexibility index (Phi) is 35.3. The van der Waals surface area contributed by atoms with E-state index in [9.17, 15) is 38.7 Å². The molecule has 1 saturated heterocycles. The molecule has 0 radical (unpaired) electrons. The third-order valence-corrected chi connectivity index (χ3v) is 14.3. The van der Waals surface area contributed by atoms with Gasteiger partial charge in [-0.3, -0.25) is 38.5 Å². The van der Waals surface area contributed by atoms with Gasteiger partial charge in [-0.05, 0) is 91.2 Å². The molecule has 2 heterocycles. The topological polar surface area (TPSA) is 303 Å². The number of thiazole rings is 1. The summed E-state index contributed by atoms with van der Waals surface area (Å²) in [6.07, 6.45) is 7.40. The molecular weight excluding hydrogens is 1100 g/mol. The van der Waals surface area contributed by atoms with Gasteiger partial charge < -0.3 is 45.5 Å². The second-order valence-corrected chi connectivity index (χ2v) is 20.8. The number of Topliss-reactive ketones (excluding diaryl/α,β-unsaturated/α-hetero) is 1. The van der Waals surface area contributed by atoms with E-state index in [1.54, 1.807) is 29.5 Å². The molecule has 0 unspecified atom stereocenters. The Labute approximate surface area is 470 Å². The second kappa shape index (κ2) is 39.4. The molecule has 5 amide bonds. The monoisotopic (exact) mass is 1180 g/mol. The summed E-state index contributed by atoms with van der Waals surface area (Å²) in [5.74, 6) is -2.81. The SMILES string of the molecule is CCCNC(=O)/C(Br)=C\C(=O)NCCOCCOCCC(=O)Nc1cc(C[C@@H](CCC)NC(=O)c2csc([C@@H](C[C@H](C(C)C)N(C)C(=O)[C@@H](CC(=O)[C@H]3CCCCN3C)[C@@H](C)CC)OC(C)=O)n2)ccc1O.O=C=O.O=C=O. The molecule has 1 fully saturated rings. The highest BCUT2D eigenvalue weighted by atomic mass is 79.9. The number of carbonyl (C=O) groups excluding carboxylic acids is 11. The van der Waals surface area contributed by atoms with Crippen LogP contribution in [-0.4, -0.2) is 152 Å². The molecule has 78 heavy (non-hydrogen) atoms. The highest BCUT2D eigenvalue weighted by molar-refractivity contribution is 9.12. The lowest BCUT2D eigenvalue weighted by Gasteiger charge is -2.37. The van der Waals surface area contributed by atoms with Crippen molar-refractivity contribution in [1.29, 1.82) is 0 Å². The maximum atomic E-state index is 14.4. The van der Waals surface area contributed by atoms with Crippen LogP contribution in [0, 0.1) is 17.8 Å². The van der Waals surface area contributed by atoms with Gasteiger partial charge in [-0.1, -0.05) is 66.9 Å². The average molecular weight is 1180 g/mol. The zero-order chi connectivity index (χ0) is 58.7. The number of carbonyl (C=O) groups is 7. The van der Waals surface area contributed by atoms with Crippen molar-refractivity contribution in [3.05, 3.63) is 50.4 Å². The molecule has 6 atom stereocenters. The summed E-state index contributed by atoms with van der Waals surface area (Å²) >= 11 is 4.29. The molecule has 0 aliphatic carbocycles. The molecule has 5 N–H and O–H groups in total. The number of rotatable bonds is 32. The number of benzene rings is 1. The van der Waals surface area contributed by atoms with Crippen molar-refractivity contribution in [2.75, 3.05) is 65.5 Å². The van der Waals surface area contributed by atoms with Crippen molar-refractivity contribution in [2.45, 2.75) is 143 Å². The van der Waals surface area contributed by atoms with E-state index in [0.717, 1.165) is 56.7 Å². The molecule has 434 valence electrons. The van der Waals surface area contributed by atoms with Crippen LogP contribution in [0.1, 0.15) is 140 Å². The fraction of sp³-hybridized carbons (Fsp3) is 0.630. The molecule has 24 heteroatoms. The van der Waals surface area contributed by atoms with E-state index < -0.39 is 29.8 Å². The number of ketones is 1. The van der Waals surface area contributed by atoms with Crippen LogP contribution in [0.2, 0.25) is 0 Å². The summed E-state index contributed by atoms with van der Waals surface area (Å²) < 4.78 is 17.0. The summed E-state index contributed by atoms with van der Waals surface area (Å²) in [5.41, 5.74) is 1.14. The van der Waals surface area contributed by atoms with Crippen molar-refractivity contribution < 1.29 is 72.1 Å². The Balaban J connectivity index is 0.00000483. The number of phenols is 1. The molecule has 1 aromatic heterocycles. The van der Waals surface area contributed by atoms with Crippen molar-refractivity contribution in [1.82, 2.24) is 30.7 Å². The Morgan fingerprint density at radius 2 is 1.62 bits per heavy atom. The smallest absolute Gasteiger partial charge is 0.373 e. The van der Waals surface area contributed by atoms with Crippen molar-refractivity contribution in [3.63, 3.8) is 0 Å². The lowest BCUT2D eigenvalue weighted by atomic mass is 9.83. The highest BCUT2D eigenvalue weighted by Gasteiger charge is 2.38. The normalized spacial score (nSPS) is 15.2. The van der Waals surface area contributed by atoms with Crippen molar-refractivity contribution >= 4 is 86.5 Å². The molecular formula is C54H80BrN7O15S. The molecule has 0 bridgehead atoms. The van der Waals surface area contributed by atoms with Crippen LogP contribution in [0.5, 0.6) is 5.75 Å². The minimum absolute atomic E-state index is 0.0154. The minimum Gasteiger partial charge on any atom is -0.506 e. The van der Waals surface area contributed by atoms with E-state index >= 15 is 0 Å². The second-order valence-electron chi connectivity index (χ2n) is 19.1. The van der Waals surface area contributed by atoms with E-state index in [4.69, 9.17) is 33.4 Å². The predicted octanol–water partition coefficient (Wildman–Crippen LogP) is 5.69. The maximum absolute atomic E-state index is 14.4. The van der Waals surface area contributed by atoms with E-state index in [2.05, 4.69) is 47.1 Å². The Morgan fingerprint density at radius 3 is 2.22 bits per heavy atom. The van der Waals surface area contributed by atoms with Gasteiger partial charge in [-0.15, -0.1) is 11.3 Å². The number of anilines is 1. The van der Waals surface area contributed by atoms with Crippen LogP contribution >= 0.6 is 27.3 Å². The summed E-state index contributed by atoms with van der Waals surface area (Å²) in [6.45, 7) is 15.7. The molecule has 3 rings (SSSR count). The van der Waals surface area contributed by atoms with Gasteiger partial charge in [0, 0.05) is 69.4 Å². The lowest BCUT2D eigenvalue weighted by molar-refractivity contribution is -0.193. The first-order chi connectivity index (χ1) is 37.1. The summed E-state index contributed by atoms with van der Waals surface area (Å²) in [7, 11) is 3.74. The number of hydrogen-bond donors (Lipinski definition) is 5. The Hall–Kier alpha value is -6.00. The number of piperidine rings is 1. The van der Waals surface area contributed by atoms with Gasteiger partial charge in [0.1, 0.15) is 16.5 Å². The Morgan fingerprint density at radius 1 is 0.949 bits per heavy atom. The highest BCUT2D eigenvalue weighted by Crippen LogP contribution is 2.33. The van der Waals surface area contributed by atoms with E-state index in [1.807, 2.05) is 48.6 Å². The van der Waals surface area contributed by atoms with Gasteiger partial charge in [-0.2, -0.15) is 19.2 Å². The molecule has 1 aliphatic rings. The largest absolute Gasteiger partial charge is 0.506 e. The molecule has 1 aromatic carbocycles. The van der Waals surface area contributed by atoms with Gasteiger partial charge in [0.2, 0.25) is 17.7 Å². The fourth-order valence-electron chi connectivity index (χ4n) is 8.54. The third kappa shape index (κ3) is 26.6. The van der Waals surface area contributed by atoms with E-state index in [-0.39, 0.29) is 140 Å². The van der Waals surface area contributed by atoms with Crippen LogP contribution in [0.4, 0.5) is 5.69 Å². The molecule has 1 aliphatic heterocycles. The van der Waals surface area contributed by atoms with Gasteiger partial charge in [0.15, 0.2) is 11.9 Å². The zero-order valence-electron chi connectivity index (χ0n) is 46.4. The van der Waals surface area contributed by atoms with Gasteiger partial charge in [-0.25, -0.2) is 4.98 Å².